The van der Waals surface area contributed by atoms with Crippen LogP contribution in [-0.2, 0) is 0 Å². The lowest BCUT2D eigenvalue weighted by Crippen LogP contribution is -2.51. The monoisotopic (exact) mass is 285 g/mol. The van der Waals surface area contributed by atoms with E-state index < -0.39 is 0 Å². The topological polar surface area (TPSA) is 47.3 Å². The Morgan fingerprint density at radius 3 is 2.52 bits per heavy atom. The Kier molecular flexibility index (Phi) is 4.98. The Morgan fingerprint density at radius 2 is 1.95 bits per heavy atom. The first-order valence-electron chi connectivity index (χ1n) is 7.57. The number of benzene rings is 1. The molecule has 1 aliphatic heterocycles. The average molecular weight is 285 g/mol. The lowest BCUT2D eigenvalue weighted by Gasteiger charge is -2.36. The SMILES string of the molecule is CCC(C#N)N1CCN(C(=O)c2cccc(C)c2C)CC1. The second kappa shape index (κ2) is 6.73. The van der Waals surface area contributed by atoms with Gasteiger partial charge in [0.1, 0.15) is 0 Å². The van der Waals surface area contributed by atoms with E-state index in [-0.39, 0.29) is 11.9 Å². The van der Waals surface area contributed by atoms with Crippen molar-refractivity contribution in [2.75, 3.05) is 26.2 Å². The summed E-state index contributed by atoms with van der Waals surface area (Å²) in [5.74, 6) is 0.112. The van der Waals surface area contributed by atoms with Gasteiger partial charge in [0.2, 0.25) is 0 Å². The van der Waals surface area contributed by atoms with Gasteiger partial charge in [-0.25, -0.2) is 0 Å². The molecule has 0 aliphatic carbocycles. The van der Waals surface area contributed by atoms with Crippen molar-refractivity contribution in [3.05, 3.63) is 34.9 Å². The first kappa shape index (κ1) is 15.5. The van der Waals surface area contributed by atoms with Crippen LogP contribution in [0, 0.1) is 25.2 Å². The van der Waals surface area contributed by atoms with Crippen molar-refractivity contribution < 1.29 is 4.79 Å². The summed E-state index contributed by atoms with van der Waals surface area (Å²) in [4.78, 5) is 16.7. The predicted octanol–water partition coefficient (Wildman–Crippen LogP) is 2.36. The number of nitrogens with zero attached hydrogens (tertiary/aromatic N) is 3. The van der Waals surface area contributed by atoms with Crippen LogP contribution in [0.3, 0.4) is 0 Å². The molecule has 0 saturated carbocycles. The molecule has 4 nitrogen and oxygen atoms in total. The van der Waals surface area contributed by atoms with E-state index in [9.17, 15) is 4.79 Å². The van der Waals surface area contributed by atoms with Gasteiger partial charge in [-0.3, -0.25) is 9.69 Å². The molecule has 4 heteroatoms. The van der Waals surface area contributed by atoms with Crippen molar-refractivity contribution in [2.45, 2.75) is 33.2 Å². The highest BCUT2D eigenvalue weighted by Gasteiger charge is 2.26. The van der Waals surface area contributed by atoms with Crippen LogP contribution < -0.4 is 0 Å². The highest BCUT2D eigenvalue weighted by molar-refractivity contribution is 5.96. The highest BCUT2D eigenvalue weighted by atomic mass is 16.2. The summed E-state index contributed by atoms with van der Waals surface area (Å²) >= 11 is 0. The van der Waals surface area contributed by atoms with Crippen LogP contribution in [0.4, 0.5) is 0 Å². The van der Waals surface area contributed by atoms with Crippen LogP contribution in [0.1, 0.15) is 34.8 Å². The fraction of sp³-hybridized carbons (Fsp3) is 0.529. The minimum absolute atomic E-state index is 0.0250. The Labute approximate surface area is 127 Å². The van der Waals surface area contributed by atoms with Gasteiger partial charge in [-0.05, 0) is 37.5 Å². The maximum Gasteiger partial charge on any atom is 0.254 e. The van der Waals surface area contributed by atoms with Crippen LogP contribution in [0.5, 0.6) is 0 Å². The Hall–Kier alpha value is -1.86. The van der Waals surface area contributed by atoms with Gasteiger partial charge in [0, 0.05) is 31.7 Å². The number of piperazine rings is 1. The first-order valence-corrected chi connectivity index (χ1v) is 7.57. The van der Waals surface area contributed by atoms with E-state index in [4.69, 9.17) is 5.26 Å². The molecule has 21 heavy (non-hydrogen) atoms. The van der Waals surface area contributed by atoms with E-state index in [1.165, 1.54) is 0 Å². The Morgan fingerprint density at radius 1 is 1.29 bits per heavy atom. The van der Waals surface area contributed by atoms with E-state index in [0.29, 0.717) is 13.1 Å². The van der Waals surface area contributed by atoms with Gasteiger partial charge in [0.15, 0.2) is 0 Å². The largest absolute Gasteiger partial charge is 0.336 e. The zero-order valence-corrected chi connectivity index (χ0v) is 13.1. The van der Waals surface area contributed by atoms with Crippen molar-refractivity contribution in [2.24, 2.45) is 0 Å². The molecule has 0 aromatic heterocycles. The molecular weight excluding hydrogens is 262 g/mol. The molecule has 1 atom stereocenters. The van der Waals surface area contributed by atoms with E-state index in [2.05, 4.69) is 11.0 Å². The van der Waals surface area contributed by atoms with Gasteiger partial charge in [-0.1, -0.05) is 19.1 Å². The van der Waals surface area contributed by atoms with Gasteiger partial charge in [0.25, 0.3) is 5.91 Å². The molecule has 0 N–H and O–H groups in total. The fourth-order valence-corrected chi connectivity index (χ4v) is 2.82. The van der Waals surface area contributed by atoms with Crippen molar-refractivity contribution >= 4 is 5.91 Å². The molecule has 1 aliphatic rings. The number of aryl methyl sites for hydroxylation is 1. The van der Waals surface area contributed by atoms with Crippen molar-refractivity contribution in [3.8, 4) is 6.07 Å². The van der Waals surface area contributed by atoms with Gasteiger partial charge < -0.3 is 4.90 Å². The molecule has 1 unspecified atom stereocenters. The summed E-state index contributed by atoms with van der Waals surface area (Å²) in [6.45, 7) is 9.02. The van der Waals surface area contributed by atoms with E-state index in [1.807, 2.05) is 43.9 Å². The number of hydrogen-bond donors (Lipinski definition) is 0. The molecule has 1 saturated heterocycles. The van der Waals surface area contributed by atoms with E-state index in [1.54, 1.807) is 0 Å². The first-order chi connectivity index (χ1) is 10.1. The van der Waals surface area contributed by atoms with Crippen molar-refractivity contribution in [1.82, 2.24) is 9.80 Å². The number of carbonyl (C=O) groups is 1. The molecule has 0 bridgehead atoms. The molecule has 2 rings (SSSR count). The zero-order valence-electron chi connectivity index (χ0n) is 13.1. The summed E-state index contributed by atoms with van der Waals surface area (Å²) in [5.41, 5.74) is 3.01. The van der Waals surface area contributed by atoms with Gasteiger partial charge in [-0.15, -0.1) is 0 Å². The molecule has 1 fully saturated rings. The third-order valence-electron chi connectivity index (χ3n) is 4.41. The molecule has 0 spiro atoms. The highest BCUT2D eigenvalue weighted by Crippen LogP contribution is 2.17. The molecule has 1 heterocycles. The average Bonchev–Trinajstić information content (AvgIpc) is 2.51. The van der Waals surface area contributed by atoms with Crippen molar-refractivity contribution in [3.63, 3.8) is 0 Å². The standard InChI is InChI=1S/C17H23N3O/c1-4-15(12-18)19-8-10-20(11-9-19)17(21)16-7-5-6-13(2)14(16)3/h5-7,15H,4,8-11H2,1-3H3. The fourth-order valence-electron chi connectivity index (χ4n) is 2.82. The van der Waals surface area contributed by atoms with E-state index in [0.717, 1.165) is 36.2 Å². The maximum absolute atomic E-state index is 12.6. The third kappa shape index (κ3) is 3.25. The van der Waals surface area contributed by atoms with Crippen LogP contribution in [0.25, 0.3) is 0 Å². The second-order valence-electron chi connectivity index (χ2n) is 5.63. The van der Waals surface area contributed by atoms with E-state index >= 15 is 0 Å². The Balaban J connectivity index is 2.04. The van der Waals surface area contributed by atoms with Crippen LogP contribution in [0.2, 0.25) is 0 Å². The predicted molar refractivity (Wildman–Crippen MR) is 83.1 cm³/mol. The van der Waals surface area contributed by atoms with Gasteiger partial charge in [0.05, 0.1) is 12.1 Å². The quantitative estimate of drug-likeness (QED) is 0.856. The summed E-state index contributed by atoms with van der Waals surface area (Å²) in [6, 6.07) is 8.18. The minimum atomic E-state index is -0.0250. The number of nitriles is 1. The summed E-state index contributed by atoms with van der Waals surface area (Å²) in [6.07, 6.45) is 0.835. The molecular formula is C17H23N3O. The lowest BCUT2D eigenvalue weighted by molar-refractivity contribution is 0.0604. The number of hydrogen-bond acceptors (Lipinski definition) is 3. The molecule has 1 aromatic carbocycles. The second-order valence-corrected chi connectivity index (χ2v) is 5.63. The molecule has 0 radical (unpaired) electrons. The van der Waals surface area contributed by atoms with Gasteiger partial charge >= 0.3 is 0 Å². The Bertz CT molecular complexity index is 554. The number of amides is 1. The van der Waals surface area contributed by atoms with Crippen LogP contribution >= 0.6 is 0 Å². The molecule has 1 aromatic rings. The molecule has 112 valence electrons. The van der Waals surface area contributed by atoms with Crippen LogP contribution in [-0.4, -0.2) is 47.9 Å². The van der Waals surface area contributed by atoms with Crippen LogP contribution in [0.15, 0.2) is 18.2 Å². The normalized spacial score (nSPS) is 17.3. The number of carbonyl (C=O) groups excluding carboxylic acids is 1. The summed E-state index contributed by atoms with van der Waals surface area (Å²) in [7, 11) is 0. The summed E-state index contributed by atoms with van der Waals surface area (Å²) < 4.78 is 0. The lowest BCUT2D eigenvalue weighted by atomic mass is 10.0. The zero-order chi connectivity index (χ0) is 15.4. The smallest absolute Gasteiger partial charge is 0.254 e. The third-order valence-corrected chi connectivity index (χ3v) is 4.41. The molecule has 1 amide bonds. The maximum atomic E-state index is 12.6. The summed E-state index contributed by atoms with van der Waals surface area (Å²) in [5, 5.41) is 9.13. The minimum Gasteiger partial charge on any atom is -0.336 e. The van der Waals surface area contributed by atoms with Gasteiger partial charge in [-0.2, -0.15) is 5.26 Å². The number of rotatable bonds is 3. The van der Waals surface area contributed by atoms with Crippen molar-refractivity contribution in [1.29, 1.82) is 5.26 Å².